The van der Waals surface area contributed by atoms with Crippen molar-refractivity contribution in [2.45, 2.75) is 0 Å². The highest BCUT2D eigenvalue weighted by Gasteiger charge is 2.11. The highest BCUT2D eigenvalue weighted by molar-refractivity contribution is 6.30. The van der Waals surface area contributed by atoms with E-state index in [0.29, 0.717) is 5.02 Å². The van der Waals surface area contributed by atoms with Crippen LogP contribution in [0, 0.1) is 11.3 Å². The molecule has 0 saturated heterocycles. The zero-order valence-corrected chi connectivity index (χ0v) is 12.5. The lowest BCUT2D eigenvalue weighted by Gasteiger charge is -2.07. The van der Waals surface area contributed by atoms with Gasteiger partial charge in [0.05, 0.1) is 11.4 Å². The second-order valence-corrected chi connectivity index (χ2v) is 4.88. The molecule has 0 radical (unpaired) electrons. The van der Waals surface area contributed by atoms with E-state index in [-0.39, 0.29) is 28.4 Å². The van der Waals surface area contributed by atoms with Gasteiger partial charge in [-0.3, -0.25) is 4.79 Å². The Bertz CT molecular complexity index is 812. The van der Waals surface area contributed by atoms with Crippen LogP contribution in [0.2, 0.25) is 5.02 Å². The maximum absolute atomic E-state index is 12.0. The van der Waals surface area contributed by atoms with Gasteiger partial charge >= 0.3 is 0 Å². The number of nitrogens with zero attached hydrogens (tertiary/aromatic N) is 1. The maximum atomic E-state index is 12.0. The van der Waals surface area contributed by atoms with Crippen molar-refractivity contribution >= 4 is 28.9 Å². The molecule has 4 N–H and O–H groups in total. The van der Waals surface area contributed by atoms with Gasteiger partial charge in [-0.2, -0.15) is 5.26 Å². The quantitative estimate of drug-likeness (QED) is 0.391. The third-order valence-corrected chi connectivity index (χ3v) is 3.08. The van der Waals surface area contributed by atoms with Gasteiger partial charge in [0, 0.05) is 11.2 Å². The van der Waals surface area contributed by atoms with E-state index < -0.39 is 5.91 Å². The van der Waals surface area contributed by atoms with Crippen LogP contribution >= 0.6 is 11.6 Å². The highest BCUT2D eigenvalue weighted by atomic mass is 35.5. The molecule has 7 heteroatoms. The van der Waals surface area contributed by atoms with Crippen LogP contribution in [0.3, 0.4) is 0 Å². The number of phenols is 2. The minimum absolute atomic E-state index is 0.0796. The zero-order valence-electron chi connectivity index (χ0n) is 11.7. The van der Waals surface area contributed by atoms with Crippen molar-refractivity contribution in [2.75, 3.05) is 10.6 Å². The van der Waals surface area contributed by atoms with Crippen LogP contribution < -0.4 is 10.6 Å². The number of halogens is 1. The van der Waals surface area contributed by atoms with E-state index in [4.69, 9.17) is 16.9 Å². The highest BCUT2D eigenvalue weighted by Crippen LogP contribution is 2.27. The van der Waals surface area contributed by atoms with Gasteiger partial charge in [-0.1, -0.05) is 23.7 Å². The van der Waals surface area contributed by atoms with Crippen molar-refractivity contribution in [3.8, 4) is 17.6 Å². The number of phenolic OH excluding ortho intramolecular Hbond substituents is 2. The summed E-state index contributed by atoms with van der Waals surface area (Å²) in [6, 6.07) is 12.2. The Kier molecular flexibility index (Phi) is 5.07. The Morgan fingerprint density at radius 1 is 1.13 bits per heavy atom. The lowest BCUT2D eigenvalue weighted by molar-refractivity contribution is -0.112. The van der Waals surface area contributed by atoms with Crippen molar-refractivity contribution in [1.82, 2.24) is 0 Å². The molecule has 0 aliphatic carbocycles. The van der Waals surface area contributed by atoms with E-state index >= 15 is 0 Å². The van der Waals surface area contributed by atoms with Crippen LogP contribution in [0.4, 0.5) is 11.4 Å². The normalized spacial score (nSPS) is 10.7. The van der Waals surface area contributed by atoms with E-state index in [2.05, 4.69) is 10.6 Å². The molecule has 0 aromatic heterocycles. The second kappa shape index (κ2) is 7.20. The summed E-state index contributed by atoms with van der Waals surface area (Å²) in [5.74, 6) is -0.898. The van der Waals surface area contributed by atoms with E-state index in [9.17, 15) is 15.0 Å². The number of nitriles is 1. The van der Waals surface area contributed by atoms with Crippen LogP contribution in [-0.4, -0.2) is 16.1 Å². The second-order valence-electron chi connectivity index (χ2n) is 4.45. The summed E-state index contributed by atoms with van der Waals surface area (Å²) in [6.07, 6.45) is 1.14. The fourth-order valence-electron chi connectivity index (χ4n) is 1.69. The number of anilines is 2. The molecule has 0 saturated carbocycles. The first kappa shape index (κ1) is 16.2. The first-order valence-electron chi connectivity index (χ1n) is 6.46. The lowest BCUT2D eigenvalue weighted by atomic mass is 10.2. The summed E-state index contributed by atoms with van der Waals surface area (Å²) in [6.45, 7) is 0. The van der Waals surface area contributed by atoms with Crippen molar-refractivity contribution in [3.05, 3.63) is 59.3 Å². The fourth-order valence-corrected chi connectivity index (χ4v) is 1.86. The van der Waals surface area contributed by atoms with Crippen LogP contribution in [0.25, 0.3) is 0 Å². The monoisotopic (exact) mass is 329 g/mol. The molecule has 0 spiro atoms. The molecular formula is C16H12ClN3O3. The largest absolute Gasteiger partial charge is 0.506 e. The maximum Gasteiger partial charge on any atom is 0.267 e. The van der Waals surface area contributed by atoms with Gasteiger partial charge in [0.25, 0.3) is 5.91 Å². The predicted octanol–water partition coefficient (Wildman–Crippen LogP) is 3.21. The predicted molar refractivity (Wildman–Crippen MR) is 87.2 cm³/mol. The molecule has 0 fully saturated rings. The lowest BCUT2D eigenvalue weighted by Crippen LogP contribution is -2.14. The van der Waals surface area contributed by atoms with Crippen molar-refractivity contribution in [1.29, 1.82) is 5.26 Å². The third kappa shape index (κ3) is 4.15. The van der Waals surface area contributed by atoms with Gasteiger partial charge in [0.1, 0.15) is 23.1 Å². The van der Waals surface area contributed by atoms with Crippen molar-refractivity contribution in [3.63, 3.8) is 0 Å². The van der Waals surface area contributed by atoms with Gasteiger partial charge in [0.2, 0.25) is 0 Å². The Labute approximate surface area is 137 Å². The molecular weight excluding hydrogens is 318 g/mol. The molecule has 116 valence electrons. The molecule has 0 atom stereocenters. The Morgan fingerprint density at radius 3 is 2.52 bits per heavy atom. The molecule has 2 rings (SSSR count). The Morgan fingerprint density at radius 2 is 1.83 bits per heavy atom. The number of hydrogen-bond donors (Lipinski definition) is 4. The van der Waals surface area contributed by atoms with Gasteiger partial charge in [-0.25, -0.2) is 0 Å². The number of nitrogens with one attached hydrogen (secondary N) is 2. The zero-order chi connectivity index (χ0) is 16.8. The number of hydrogen-bond acceptors (Lipinski definition) is 5. The summed E-state index contributed by atoms with van der Waals surface area (Å²) < 4.78 is 0. The number of carbonyl (C=O) groups is 1. The van der Waals surface area contributed by atoms with Crippen LogP contribution in [-0.2, 0) is 4.79 Å². The van der Waals surface area contributed by atoms with Crippen molar-refractivity contribution < 1.29 is 15.0 Å². The molecule has 0 heterocycles. The minimum Gasteiger partial charge on any atom is -0.506 e. The first-order chi connectivity index (χ1) is 11.0. The number of amides is 1. The number of para-hydroxylation sites is 2. The van der Waals surface area contributed by atoms with Crippen molar-refractivity contribution in [2.24, 2.45) is 0 Å². The molecule has 0 aliphatic heterocycles. The summed E-state index contributed by atoms with van der Waals surface area (Å²) in [7, 11) is 0. The van der Waals surface area contributed by atoms with E-state index in [1.807, 2.05) is 0 Å². The summed E-state index contributed by atoms with van der Waals surface area (Å²) in [5, 5.41) is 33.8. The van der Waals surface area contributed by atoms with Gasteiger partial charge in [-0.05, 0) is 30.3 Å². The Balaban J connectivity index is 2.16. The van der Waals surface area contributed by atoms with E-state index in [1.54, 1.807) is 18.2 Å². The molecule has 0 unspecified atom stereocenters. The molecule has 2 aromatic rings. The smallest absolute Gasteiger partial charge is 0.267 e. The SMILES string of the molecule is N#C/C(=C/Nc1cc(Cl)ccc1O)C(=O)Nc1ccccc1O. The number of rotatable bonds is 4. The fraction of sp³-hybridized carbons (Fsp3) is 0. The summed E-state index contributed by atoms with van der Waals surface area (Å²) in [5.41, 5.74) is 0.192. The standard InChI is InChI=1S/C16H12ClN3O3/c17-11-5-6-15(22)13(7-11)19-9-10(8-18)16(23)20-12-3-1-2-4-14(12)21/h1-7,9,19,21-22H,(H,20,23)/b10-9-. The molecule has 0 aliphatic rings. The van der Waals surface area contributed by atoms with Crippen LogP contribution in [0.15, 0.2) is 54.2 Å². The summed E-state index contributed by atoms with van der Waals surface area (Å²) >= 11 is 5.81. The van der Waals surface area contributed by atoms with Crippen LogP contribution in [0.5, 0.6) is 11.5 Å². The third-order valence-electron chi connectivity index (χ3n) is 2.85. The number of carbonyl (C=O) groups excluding carboxylic acids is 1. The summed E-state index contributed by atoms with van der Waals surface area (Å²) in [4.78, 5) is 12.0. The van der Waals surface area contributed by atoms with E-state index in [1.165, 1.54) is 30.3 Å². The molecule has 1 amide bonds. The molecule has 2 aromatic carbocycles. The number of aromatic hydroxyl groups is 2. The van der Waals surface area contributed by atoms with Gasteiger partial charge < -0.3 is 20.8 Å². The Hall–Kier alpha value is -3.17. The van der Waals surface area contributed by atoms with Crippen LogP contribution in [0.1, 0.15) is 0 Å². The molecule has 0 bridgehead atoms. The average molecular weight is 330 g/mol. The first-order valence-corrected chi connectivity index (χ1v) is 6.83. The topological polar surface area (TPSA) is 105 Å². The minimum atomic E-state index is -0.706. The molecule has 23 heavy (non-hydrogen) atoms. The van der Waals surface area contributed by atoms with Gasteiger partial charge in [-0.15, -0.1) is 0 Å². The number of benzene rings is 2. The van der Waals surface area contributed by atoms with Gasteiger partial charge in [0.15, 0.2) is 0 Å². The molecule has 6 nitrogen and oxygen atoms in total. The van der Waals surface area contributed by atoms with E-state index in [0.717, 1.165) is 6.20 Å². The average Bonchev–Trinajstić information content (AvgIpc) is 2.53.